The first-order valence-electron chi connectivity index (χ1n) is 9.01. The van der Waals surface area contributed by atoms with E-state index in [9.17, 15) is 8.42 Å². The molecule has 0 fully saturated rings. The van der Waals surface area contributed by atoms with Gasteiger partial charge in [-0.15, -0.1) is 5.10 Å². The van der Waals surface area contributed by atoms with Gasteiger partial charge in [0, 0.05) is 0 Å². The topological polar surface area (TPSA) is 89.8 Å². The maximum Gasteiger partial charge on any atom is 0.241 e. The van der Waals surface area contributed by atoms with E-state index in [-0.39, 0.29) is 4.90 Å². The number of aryl methyl sites for hydroxylation is 1. The Morgan fingerprint density at radius 1 is 0.897 bits per heavy atom. The van der Waals surface area contributed by atoms with Crippen molar-refractivity contribution in [1.82, 2.24) is 24.9 Å². The number of nitrogens with zero attached hydrogens (tertiary/aromatic N) is 4. The van der Waals surface area contributed by atoms with Crippen LogP contribution in [-0.2, 0) is 10.0 Å². The standard InChI is InChI=1S/C21H19N5O2S/c1-16-14-19(12-13-20(16)26-15-22-24-25-26)29(27,28)23-21(17-8-4-2-5-9-17)18-10-6-3-7-11-18/h2-15,21,23H,1H3. The quantitative estimate of drug-likeness (QED) is 0.533. The highest BCUT2D eigenvalue weighted by Gasteiger charge is 2.23. The number of nitrogens with one attached hydrogen (secondary N) is 1. The molecule has 0 unspecified atom stereocenters. The number of sulfonamides is 1. The Balaban J connectivity index is 1.70. The molecule has 1 N–H and O–H groups in total. The number of benzene rings is 3. The van der Waals surface area contributed by atoms with E-state index in [0.717, 1.165) is 22.4 Å². The van der Waals surface area contributed by atoms with E-state index in [1.165, 1.54) is 11.0 Å². The number of hydrogen-bond donors (Lipinski definition) is 1. The molecule has 29 heavy (non-hydrogen) atoms. The molecular weight excluding hydrogens is 386 g/mol. The molecule has 7 nitrogen and oxygen atoms in total. The van der Waals surface area contributed by atoms with Gasteiger partial charge in [0.05, 0.1) is 16.6 Å². The van der Waals surface area contributed by atoms with Crippen LogP contribution in [0.4, 0.5) is 0 Å². The molecular formula is C21H19N5O2S. The van der Waals surface area contributed by atoms with Crippen LogP contribution in [0.25, 0.3) is 5.69 Å². The summed E-state index contributed by atoms with van der Waals surface area (Å²) in [6.07, 6.45) is 1.47. The molecule has 0 aliphatic heterocycles. The van der Waals surface area contributed by atoms with Crippen molar-refractivity contribution in [1.29, 1.82) is 0 Å². The molecule has 3 aromatic carbocycles. The van der Waals surface area contributed by atoms with Gasteiger partial charge < -0.3 is 0 Å². The Labute approximate surface area is 169 Å². The molecule has 4 rings (SSSR count). The predicted molar refractivity (Wildman–Crippen MR) is 109 cm³/mol. The van der Waals surface area contributed by atoms with E-state index >= 15 is 0 Å². The highest BCUT2D eigenvalue weighted by atomic mass is 32.2. The third-order valence-electron chi connectivity index (χ3n) is 4.61. The van der Waals surface area contributed by atoms with Gasteiger partial charge in [-0.1, -0.05) is 60.7 Å². The average Bonchev–Trinajstić information content (AvgIpc) is 3.28. The molecule has 4 aromatic rings. The fourth-order valence-corrected chi connectivity index (χ4v) is 4.46. The average molecular weight is 405 g/mol. The van der Waals surface area contributed by atoms with Gasteiger partial charge in [-0.3, -0.25) is 0 Å². The molecule has 0 saturated carbocycles. The SMILES string of the molecule is Cc1cc(S(=O)(=O)NC(c2ccccc2)c2ccccc2)ccc1-n1cnnn1. The van der Waals surface area contributed by atoms with E-state index < -0.39 is 16.1 Å². The summed E-state index contributed by atoms with van der Waals surface area (Å²) in [5.41, 5.74) is 3.20. The minimum Gasteiger partial charge on any atom is -0.207 e. The second-order valence-corrected chi connectivity index (χ2v) is 8.29. The fraction of sp³-hybridized carbons (Fsp3) is 0.0952. The van der Waals surface area contributed by atoms with Gasteiger partial charge in [0.25, 0.3) is 0 Å². The number of tetrazole rings is 1. The summed E-state index contributed by atoms with van der Waals surface area (Å²) in [6.45, 7) is 1.82. The number of aromatic nitrogens is 4. The Hall–Kier alpha value is -3.36. The van der Waals surface area contributed by atoms with Gasteiger partial charge >= 0.3 is 0 Å². The van der Waals surface area contributed by atoms with Crippen LogP contribution in [0.5, 0.6) is 0 Å². The van der Waals surface area contributed by atoms with Crippen LogP contribution in [-0.4, -0.2) is 28.6 Å². The normalized spacial score (nSPS) is 11.7. The molecule has 0 aliphatic rings. The first kappa shape index (κ1) is 19.0. The van der Waals surface area contributed by atoms with E-state index in [2.05, 4.69) is 20.2 Å². The highest BCUT2D eigenvalue weighted by molar-refractivity contribution is 7.89. The molecule has 0 atom stereocenters. The molecule has 1 aromatic heterocycles. The number of hydrogen-bond acceptors (Lipinski definition) is 5. The summed E-state index contributed by atoms with van der Waals surface area (Å²) >= 11 is 0. The highest BCUT2D eigenvalue weighted by Crippen LogP contribution is 2.25. The minimum absolute atomic E-state index is 0.184. The van der Waals surface area contributed by atoms with Crippen molar-refractivity contribution in [3.63, 3.8) is 0 Å². The maximum absolute atomic E-state index is 13.2. The van der Waals surface area contributed by atoms with E-state index in [4.69, 9.17) is 0 Å². The van der Waals surface area contributed by atoms with Gasteiger partial charge in [0.15, 0.2) is 0 Å². The van der Waals surface area contributed by atoms with Gasteiger partial charge in [-0.2, -0.15) is 4.72 Å². The second-order valence-electron chi connectivity index (χ2n) is 6.58. The van der Waals surface area contributed by atoms with Gasteiger partial charge in [0.1, 0.15) is 6.33 Å². The Morgan fingerprint density at radius 3 is 2.03 bits per heavy atom. The lowest BCUT2D eigenvalue weighted by atomic mass is 10.00. The van der Waals surface area contributed by atoms with Crippen LogP contribution >= 0.6 is 0 Å². The molecule has 0 amide bonds. The lowest BCUT2D eigenvalue weighted by Crippen LogP contribution is -2.29. The van der Waals surface area contributed by atoms with Crippen LogP contribution in [0.2, 0.25) is 0 Å². The van der Waals surface area contributed by atoms with E-state index in [1.54, 1.807) is 18.2 Å². The smallest absolute Gasteiger partial charge is 0.207 e. The van der Waals surface area contributed by atoms with Gasteiger partial charge in [-0.25, -0.2) is 13.1 Å². The summed E-state index contributed by atoms with van der Waals surface area (Å²) in [4.78, 5) is 0.184. The van der Waals surface area contributed by atoms with Crippen molar-refractivity contribution in [2.24, 2.45) is 0 Å². The van der Waals surface area contributed by atoms with Crippen molar-refractivity contribution >= 4 is 10.0 Å². The second kappa shape index (κ2) is 7.94. The van der Waals surface area contributed by atoms with Crippen LogP contribution < -0.4 is 4.72 Å². The first-order chi connectivity index (χ1) is 14.0. The van der Waals surface area contributed by atoms with Crippen molar-refractivity contribution in [3.8, 4) is 5.69 Å². The molecule has 0 spiro atoms. The first-order valence-corrected chi connectivity index (χ1v) is 10.5. The number of rotatable bonds is 6. The molecule has 8 heteroatoms. The van der Waals surface area contributed by atoms with Crippen LogP contribution in [0.15, 0.2) is 90.1 Å². The van der Waals surface area contributed by atoms with E-state index in [0.29, 0.717) is 0 Å². The van der Waals surface area contributed by atoms with Crippen LogP contribution in [0.1, 0.15) is 22.7 Å². The van der Waals surface area contributed by atoms with Gasteiger partial charge in [0.2, 0.25) is 10.0 Å². The summed E-state index contributed by atoms with van der Waals surface area (Å²) < 4.78 is 30.7. The van der Waals surface area contributed by atoms with Crippen molar-refractivity contribution in [2.75, 3.05) is 0 Å². The third kappa shape index (κ3) is 4.08. The summed E-state index contributed by atoms with van der Waals surface area (Å²) in [5, 5.41) is 11.1. The molecule has 146 valence electrons. The third-order valence-corrected chi connectivity index (χ3v) is 6.03. The van der Waals surface area contributed by atoms with Crippen molar-refractivity contribution in [2.45, 2.75) is 17.9 Å². The summed E-state index contributed by atoms with van der Waals surface area (Å²) in [5.74, 6) is 0. The van der Waals surface area contributed by atoms with Crippen LogP contribution in [0.3, 0.4) is 0 Å². The summed E-state index contributed by atoms with van der Waals surface area (Å²) in [6, 6.07) is 23.4. The summed E-state index contributed by atoms with van der Waals surface area (Å²) in [7, 11) is -3.77. The molecule has 0 bridgehead atoms. The maximum atomic E-state index is 13.2. The zero-order chi connectivity index (χ0) is 20.3. The lowest BCUT2D eigenvalue weighted by Gasteiger charge is -2.20. The molecule has 0 aliphatic carbocycles. The van der Waals surface area contributed by atoms with E-state index in [1.807, 2.05) is 67.6 Å². The minimum atomic E-state index is -3.77. The Morgan fingerprint density at radius 2 is 1.52 bits per heavy atom. The Kier molecular flexibility index (Phi) is 5.20. The largest absolute Gasteiger partial charge is 0.241 e. The van der Waals surface area contributed by atoms with Crippen molar-refractivity contribution < 1.29 is 8.42 Å². The zero-order valence-electron chi connectivity index (χ0n) is 15.7. The fourth-order valence-electron chi connectivity index (χ4n) is 3.17. The molecule has 0 saturated heterocycles. The molecule has 0 radical (unpaired) electrons. The zero-order valence-corrected chi connectivity index (χ0v) is 16.5. The van der Waals surface area contributed by atoms with Gasteiger partial charge in [-0.05, 0) is 52.2 Å². The monoisotopic (exact) mass is 405 g/mol. The van der Waals surface area contributed by atoms with Crippen molar-refractivity contribution in [3.05, 3.63) is 102 Å². The Bertz CT molecular complexity index is 1160. The predicted octanol–water partition coefficient (Wildman–Crippen LogP) is 3.04. The lowest BCUT2D eigenvalue weighted by molar-refractivity contribution is 0.572. The van der Waals surface area contributed by atoms with Crippen LogP contribution in [0, 0.1) is 6.92 Å². The molecule has 1 heterocycles.